The summed E-state index contributed by atoms with van der Waals surface area (Å²) in [6.45, 7) is 0.107. The molecule has 1 aromatic carbocycles. The number of anilines is 1. The van der Waals surface area contributed by atoms with E-state index in [0.29, 0.717) is 16.2 Å². The summed E-state index contributed by atoms with van der Waals surface area (Å²) in [6, 6.07) is 2.60. The van der Waals surface area contributed by atoms with Crippen LogP contribution in [0.25, 0.3) is 0 Å². The molecular formula is C17H14BrClF4N4O2. The highest BCUT2D eigenvalue weighted by Gasteiger charge is 2.47. The highest BCUT2D eigenvalue weighted by Crippen LogP contribution is 2.42. The summed E-state index contributed by atoms with van der Waals surface area (Å²) in [5.41, 5.74) is -1.98. The number of rotatable bonds is 3. The number of likely N-dealkylation sites (tertiary alicyclic amines) is 1. The van der Waals surface area contributed by atoms with Crippen LogP contribution in [0.4, 0.5) is 23.2 Å². The van der Waals surface area contributed by atoms with E-state index in [4.69, 9.17) is 11.6 Å². The van der Waals surface area contributed by atoms with Crippen molar-refractivity contribution in [2.45, 2.75) is 12.1 Å². The molecule has 0 spiro atoms. The van der Waals surface area contributed by atoms with Crippen molar-refractivity contribution >= 4 is 45.0 Å². The molecule has 1 N–H and O–H groups in total. The van der Waals surface area contributed by atoms with Crippen LogP contribution in [0.1, 0.15) is 17.0 Å². The fourth-order valence-electron chi connectivity index (χ4n) is 3.37. The molecule has 0 radical (unpaired) electrons. The number of likely N-dealkylation sites (N-methyl/N-ethyl adjacent to an activating group) is 1. The summed E-state index contributed by atoms with van der Waals surface area (Å²) in [5, 5.41) is 6.33. The maximum atomic E-state index is 13.8. The Morgan fingerprint density at radius 2 is 2.00 bits per heavy atom. The van der Waals surface area contributed by atoms with E-state index in [9.17, 15) is 27.2 Å². The maximum absolute atomic E-state index is 13.8. The van der Waals surface area contributed by atoms with E-state index in [1.165, 1.54) is 16.6 Å². The zero-order valence-corrected chi connectivity index (χ0v) is 17.4. The lowest BCUT2D eigenvalue weighted by atomic mass is 9.89. The van der Waals surface area contributed by atoms with E-state index in [2.05, 4.69) is 26.3 Å². The van der Waals surface area contributed by atoms with E-state index in [1.807, 2.05) is 0 Å². The lowest BCUT2D eigenvalue weighted by molar-refractivity contribution is -0.139. The van der Waals surface area contributed by atoms with Crippen molar-refractivity contribution < 1.29 is 27.2 Å². The van der Waals surface area contributed by atoms with E-state index in [-0.39, 0.29) is 11.7 Å². The minimum Gasteiger partial charge on any atom is -0.344 e. The van der Waals surface area contributed by atoms with Crippen molar-refractivity contribution in [3.05, 3.63) is 44.9 Å². The fourth-order valence-corrected chi connectivity index (χ4v) is 4.48. The molecule has 0 bridgehead atoms. The number of carbonyl (C=O) groups excluding carboxylic acids is 2. The quantitative estimate of drug-likeness (QED) is 0.518. The lowest BCUT2D eigenvalue weighted by Gasteiger charge is -2.19. The Morgan fingerprint density at radius 1 is 1.34 bits per heavy atom. The molecule has 3 rings (SSSR count). The third kappa shape index (κ3) is 3.85. The monoisotopic (exact) mass is 496 g/mol. The number of benzene rings is 1. The van der Waals surface area contributed by atoms with Crippen molar-refractivity contribution in [2.75, 3.05) is 18.9 Å². The highest BCUT2D eigenvalue weighted by molar-refractivity contribution is 9.10. The number of hydrogen-bond donors (Lipinski definition) is 1. The van der Waals surface area contributed by atoms with Gasteiger partial charge in [0, 0.05) is 32.1 Å². The van der Waals surface area contributed by atoms with Gasteiger partial charge in [-0.3, -0.25) is 14.3 Å². The summed E-state index contributed by atoms with van der Waals surface area (Å²) in [5.74, 6) is -5.23. The second-order valence-corrected chi connectivity index (χ2v) is 7.68. The second-order valence-electron chi connectivity index (χ2n) is 6.57. The molecule has 6 nitrogen and oxygen atoms in total. The Kier molecular flexibility index (Phi) is 5.65. The summed E-state index contributed by atoms with van der Waals surface area (Å²) in [4.78, 5) is 26.7. The van der Waals surface area contributed by atoms with Gasteiger partial charge in [-0.2, -0.15) is 18.3 Å². The van der Waals surface area contributed by atoms with Crippen LogP contribution in [0.15, 0.2) is 22.8 Å². The van der Waals surface area contributed by atoms with Gasteiger partial charge in [-0.05, 0) is 28.1 Å². The number of nitrogens with one attached hydrogen (secondary N) is 1. The van der Waals surface area contributed by atoms with E-state index >= 15 is 0 Å². The van der Waals surface area contributed by atoms with Gasteiger partial charge in [0.1, 0.15) is 27.1 Å². The first-order chi connectivity index (χ1) is 13.4. The Hall–Kier alpha value is -2.14. The molecule has 12 heteroatoms. The predicted molar refractivity (Wildman–Crippen MR) is 99.8 cm³/mol. The zero-order valence-electron chi connectivity index (χ0n) is 15.0. The first-order valence-corrected chi connectivity index (χ1v) is 9.40. The Balaban J connectivity index is 2.00. The zero-order chi connectivity index (χ0) is 21.7. The molecular weight excluding hydrogens is 484 g/mol. The third-order valence-corrected chi connectivity index (χ3v) is 5.72. The number of aromatic nitrogens is 2. The molecule has 2 atom stereocenters. The van der Waals surface area contributed by atoms with Crippen LogP contribution in [0.5, 0.6) is 0 Å². The molecule has 0 unspecified atom stereocenters. The van der Waals surface area contributed by atoms with Gasteiger partial charge in [0.2, 0.25) is 11.8 Å². The van der Waals surface area contributed by atoms with Gasteiger partial charge >= 0.3 is 6.18 Å². The first kappa shape index (κ1) is 21.6. The average molecular weight is 498 g/mol. The minimum absolute atomic E-state index is 0.107. The number of nitrogens with zero attached hydrogens (tertiary/aromatic N) is 3. The summed E-state index contributed by atoms with van der Waals surface area (Å²) in [7, 11) is 3.03. The van der Waals surface area contributed by atoms with Gasteiger partial charge in [-0.15, -0.1) is 0 Å². The fraction of sp³-hybridized carbons (Fsp3) is 0.353. The first-order valence-electron chi connectivity index (χ1n) is 8.23. The van der Waals surface area contributed by atoms with Crippen LogP contribution < -0.4 is 5.32 Å². The van der Waals surface area contributed by atoms with Crippen molar-refractivity contribution in [2.24, 2.45) is 13.0 Å². The van der Waals surface area contributed by atoms with Crippen molar-refractivity contribution in [1.82, 2.24) is 14.7 Å². The third-order valence-electron chi connectivity index (χ3n) is 4.69. The molecule has 2 aromatic rings. The molecule has 1 aromatic heterocycles. The van der Waals surface area contributed by atoms with E-state index < -0.39 is 46.9 Å². The SMILES string of the molecule is CN1C[C@H](c2c(Br)nn(C)c2Cl)[C@@H](C(=O)Nc2cccc(F)c2C(F)(F)F)C1=O. The normalized spacial score (nSPS) is 19.7. The Morgan fingerprint density at radius 3 is 2.55 bits per heavy atom. The topological polar surface area (TPSA) is 67.2 Å². The molecule has 1 aliphatic heterocycles. The standard InChI is InChI=1S/C17H14BrClF4N4O2/c1-26-6-7(10-13(18)25-27(2)14(10)19)11(16(26)29)15(28)24-9-5-3-4-8(20)12(9)17(21,22)23/h3-5,7,11H,6H2,1-2H3,(H,24,28)/t7-,11+/m1/s1. The molecule has 29 heavy (non-hydrogen) atoms. The number of alkyl halides is 3. The average Bonchev–Trinajstić information content (AvgIpc) is 3.01. The summed E-state index contributed by atoms with van der Waals surface area (Å²) >= 11 is 9.47. The minimum atomic E-state index is -5.03. The molecule has 2 heterocycles. The molecule has 1 aliphatic rings. The van der Waals surface area contributed by atoms with Crippen LogP contribution in [0.2, 0.25) is 5.15 Å². The Bertz CT molecular complexity index is 995. The van der Waals surface area contributed by atoms with Gasteiger partial charge < -0.3 is 10.2 Å². The van der Waals surface area contributed by atoms with Gasteiger partial charge in [-0.1, -0.05) is 17.7 Å². The number of halogens is 6. The highest BCUT2D eigenvalue weighted by atomic mass is 79.9. The molecule has 0 aliphatic carbocycles. The largest absolute Gasteiger partial charge is 0.421 e. The molecule has 1 fully saturated rings. The second kappa shape index (κ2) is 7.60. The Labute approximate surface area is 175 Å². The van der Waals surface area contributed by atoms with Gasteiger partial charge in [0.25, 0.3) is 0 Å². The van der Waals surface area contributed by atoms with Gasteiger partial charge in [0.15, 0.2) is 0 Å². The molecule has 156 valence electrons. The van der Waals surface area contributed by atoms with Crippen LogP contribution in [0.3, 0.4) is 0 Å². The number of aryl methyl sites for hydroxylation is 1. The van der Waals surface area contributed by atoms with Crippen LogP contribution >= 0.6 is 27.5 Å². The van der Waals surface area contributed by atoms with Gasteiger partial charge in [-0.25, -0.2) is 4.39 Å². The lowest BCUT2D eigenvalue weighted by Crippen LogP contribution is -2.33. The molecule has 2 amide bonds. The van der Waals surface area contributed by atoms with E-state index in [1.54, 1.807) is 7.05 Å². The van der Waals surface area contributed by atoms with Gasteiger partial charge in [0.05, 0.1) is 5.69 Å². The van der Waals surface area contributed by atoms with Crippen LogP contribution in [0, 0.1) is 11.7 Å². The molecule has 1 saturated heterocycles. The van der Waals surface area contributed by atoms with Crippen LogP contribution in [-0.4, -0.2) is 40.1 Å². The molecule has 0 saturated carbocycles. The smallest absolute Gasteiger partial charge is 0.344 e. The summed E-state index contributed by atoms with van der Waals surface area (Å²) < 4.78 is 55.1. The summed E-state index contributed by atoms with van der Waals surface area (Å²) in [6.07, 6.45) is -5.03. The van der Waals surface area contributed by atoms with Crippen molar-refractivity contribution in [1.29, 1.82) is 0 Å². The number of carbonyl (C=O) groups is 2. The maximum Gasteiger partial charge on any atom is 0.421 e. The van der Waals surface area contributed by atoms with Crippen LogP contribution in [-0.2, 0) is 22.8 Å². The van der Waals surface area contributed by atoms with E-state index in [0.717, 1.165) is 12.1 Å². The van der Waals surface area contributed by atoms with Crippen molar-refractivity contribution in [3.8, 4) is 0 Å². The number of amides is 2. The number of hydrogen-bond acceptors (Lipinski definition) is 3. The predicted octanol–water partition coefficient (Wildman–Crippen LogP) is 3.80. The van der Waals surface area contributed by atoms with Crippen molar-refractivity contribution in [3.63, 3.8) is 0 Å².